The lowest BCUT2D eigenvalue weighted by Crippen LogP contribution is -2.43. The van der Waals surface area contributed by atoms with E-state index < -0.39 is 26.0 Å². The van der Waals surface area contributed by atoms with Crippen LogP contribution in [0.1, 0.15) is 10.4 Å². The van der Waals surface area contributed by atoms with E-state index in [1.54, 1.807) is 0 Å². The Morgan fingerprint density at radius 2 is 1.78 bits per heavy atom. The zero-order chi connectivity index (χ0) is 20.1. The summed E-state index contributed by atoms with van der Waals surface area (Å²) in [5.41, 5.74) is 0.220. The van der Waals surface area contributed by atoms with Crippen LogP contribution in [0.25, 0.3) is 0 Å². The number of hydrogen-bond acceptors (Lipinski definition) is 7. The Hall–Kier alpha value is -1.57. The fraction of sp³-hybridized carbons (Fsp3) is 0.533. The van der Waals surface area contributed by atoms with Gasteiger partial charge in [0.25, 0.3) is 15.9 Å². The zero-order valence-corrected chi connectivity index (χ0v) is 16.8. The molecule has 1 saturated heterocycles. The van der Waals surface area contributed by atoms with Crippen molar-refractivity contribution in [3.63, 3.8) is 0 Å². The number of benzene rings is 1. The van der Waals surface area contributed by atoms with E-state index in [4.69, 9.17) is 4.74 Å². The zero-order valence-electron chi connectivity index (χ0n) is 15.1. The number of carbonyl (C=O) groups is 1. The second kappa shape index (κ2) is 9.08. The van der Waals surface area contributed by atoms with Crippen LogP contribution in [0.3, 0.4) is 0 Å². The highest BCUT2D eigenvalue weighted by atomic mass is 32.2. The van der Waals surface area contributed by atoms with Crippen LogP contribution in [0, 0.1) is 0 Å². The third-order valence-corrected chi connectivity index (χ3v) is 7.58. The van der Waals surface area contributed by atoms with E-state index in [-0.39, 0.29) is 22.8 Å². The number of nitrogens with one attached hydrogen (secondary N) is 1. The van der Waals surface area contributed by atoms with Gasteiger partial charge in [0.1, 0.15) is 0 Å². The van der Waals surface area contributed by atoms with Crippen LogP contribution in [0.2, 0.25) is 0 Å². The molecule has 0 bridgehead atoms. The van der Waals surface area contributed by atoms with E-state index in [9.17, 15) is 21.6 Å². The van der Waals surface area contributed by atoms with Crippen molar-refractivity contribution < 1.29 is 31.2 Å². The van der Waals surface area contributed by atoms with Gasteiger partial charge in [0.2, 0.25) is 10.0 Å². The van der Waals surface area contributed by atoms with Crippen molar-refractivity contribution >= 4 is 26.0 Å². The van der Waals surface area contributed by atoms with Crippen molar-refractivity contribution in [3.8, 4) is 0 Å². The molecule has 0 atom stereocenters. The van der Waals surface area contributed by atoms with Gasteiger partial charge in [0, 0.05) is 32.2 Å². The summed E-state index contributed by atoms with van der Waals surface area (Å²) in [6.45, 7) is 1.29. The minimum Gasteiger partial charge on any atom is -0.379 e. The summed E-state index contributed by atoms with van der Waals surface area (Å²) >= 11 is 0. The van der Waals surface area contributed by atoms with Crippen LogP contribution in [0.15, 0.2) is 29.2 Å². The molecule has 1 fully saturated rings. The predicted octanol–water partition coefficient (Wildman–Crippen LogP) is -0.740. The standard InChI is InChI=1S/C15H23N3O7S2/c1-17(24-2)27(22,23)14-5-3-13(4-6-14)15(19)16-7-12-26(20,21)18-8-10-25-11-9-18/h3-6H,7-12H2,1-2H3,(H,16,19). The number of amides is 1. The topological polar surface area (TPSA) is 122 Å². The van der Waals surface area contributed by atoms with Crippen molar-refractivity contribution in [1.82, 2.24) is 14.1 Å². The van der Waals surface area contributed by atoms with Gasteiger partial charge in [0.05, 0.1) is 31.0 Å². The fourth-order valence-corrected chi connectivity index (χ4v) is 4.67. The Labute approximate surface area is 159 Å². The smallest absolute Gasteiger partial charge is 0.264 e. The highest BCUT2D eigenvalue weighted by Gasteiger charge is 2.24. The molecule has 1 aliphatic heterocycles. The average Bonchev–Trinajstić information content (AvgIpc) is 2.67. The number of sulfonamides is 2. The first-order valence-electron chi connectivity index (χ1n) is 8.15. The molecule has 1 aliphatic rings. The summed E-state index contributed by atoms with van der Waals surface area (Å²) < 4.78 is 55.7. The van der Waals surface area contributed by atoms with Crippen LogP contribution in [-0.2, 0) is 29.6 Å². The Morgan fingerprint density at radius 1 is 1.19 bits per heavy atom. The minimum atomic E-state index is -3.80. The molecule has 1 N–H and O–H groups in total. The van der Waals surface area contributed by atoms with Gasteiger partial charge in [-0.25, -0.2) is 16.8 Å². The number of hydroxylamine groups is 1. The summed E-state index contributed by atoms with van der Waals surface area (Å²) in [7, 11) is -4.77. The number of hydrogen-bond donors (Lipinski definition) is 1. The molecule has 12 heteroatoms. The summed E-state index contributed by atoms with van der Waals surface area (Å²) in [5, 5.41) is 2.53. The normalized spacial score (nSPS) is 16.4. The molecule has 1 heterocycles. The molecule has 10 nitrogen and oxygen atoms in total. The van der Waals surface area contributed by atoms with Gasteiger partial charge in [-0.15, -0.1) is 0 Å². The number of nitrogens with zero attached hydrogens (tertiary/aromatic N) is 2. The van der Waals surface area contributed by atoms with Gasteiger partial charge in [-0.1, -0.05) is 4.47 Å². The van der Waals surface area contributed by atoms with E-state index in [0.717, 1.165) is 0 Å². The Morgan fingerprint density at radius 3 is 2.33 bits per heavy atom. The predicted molar refractivity (Wildman–Crippen MR) is 96.9 cm³/mol. The molecule has 0 aliphatic carbocycles. The number of rotatable bonds is 8. The SMILES string of the molecule is CON(C)S(=O)(=O)c1ccc(C(=O)NCCS(=O)(=O)N2CCOCC2)cc1. The molecule has 0 saturated carbocycles. The van der Waals surface area contributed by atoms with Gasteiger partial charge in [-0.05, 0) is 24.3 Å². The van der Waals surface area contributed by atoms with Crippen molar-refractivity contribution in [2.75, 3.05) is 52.8 Å². The maximum Gasteiger partial charge on any atom is 0.264 e. The van der Waals surface area contributed by atoms with Gasteiger partial charge >= 0.3 is 0 Å². The Kier molecular flexibility index (Phi) is 7.31. The summed E-state index contributed by atoms with van der Waals surface area (Å²) in [4.78, 5) is 16.8. The maximum atomic E-state index is 12.2. The van der Waals surface area contributed by atoms with Crippen molar-refractivity contribution in [2.45, 2.75) is 4.90 Å². The van der Waals surface area contributed by atoms with Gasteiger partial charge in [-0.3, -0.25) is 9.63 Å². The number of carbonyl (C=O) groups excluding carboxylic acids is 1. The lowest BCUT2D eigenvalue weighted by atomic mass is 10.2. The highest BCUT2D eigenvalue weighted by Crippen LogP contribution is 2.15. The van der Waals surface area contributed by atoms with Crippen LogP contribution >= 0.6 is 0 Å². The van der Waals surface area contributed by atoms with E-state index >= 15 is 0 Å². The van der Waals surface area contributed by atoms with Crippen LogP contribution in [0.4, 0.5) is 0 Å². The molecule has 2 rings (SSSR count). The summed E-state index contributed by atoms with van der Waals surface area (Å²) in [6.07, 6.45) is 0. The molecule has 27 heavy (non-hydrogen) atoms. The second-order valence-electron chi connectivity index (χ2n) is 5.71. The van der Waals surface area contributed by atoms with Gasteiger partial charge in [0.15, 0.2) is 0 Å². The molecule has 1 aromatic carbocycles. The van der Waals surface area contributed by atoms with Crippen LogP contribution in [-0.4, -0.2) is 84.3 Å². The van der Waals surface area contributed by atoms with E-state index in [1.165, 1.54) is 42.7 Å². The van der Waals surface area contributed by atoms with E-state index in [2.05, 4.69) is 10.2 Å². The molecular formula is C15H23N3O7S2. The van der Waals surface area contributed by atoms with Crippen molar-refractivity contribution in [2.24, 2.45) is 0 Å². The summed E-state index contributed by atoms with van der Waals surface area (Å²) in [6, 6.07) is 5.26. The molecule has 1 amide bonds. The van der Waals surface area contributed by atoms with Crippen molar-refractivity contribution in [3.05, 3.63) is 29.8 Å². The lowest BCUT2D eigenvalue weighted by molar-refractivity contribution is -0.0258. The monoisotopic (exact) mass is 421 g/mol. The maximum absolute atomic E-state index is 12.2. The quantitative estimate of drug-likeness (QED) is 0.549. The third-order valence-electron chi connectivity index (χ3n) is 4.02. The molecular weight excluding hydrogens is 398 g/mol. The van der Waals surface area contributed by atoms with Crippen LogP contribution in [0.5, 0.6) is 0 Å². The van der Waals surface area contributed by atoms with Crippen molar-refractivity contribution in [1.29, 1.82) is 0 Å². The lowest BCUT2D eigenvalue weighted by Gasteiger charge is -2.26. The average molecular weight is 421 g/mol. The largest absolute Gasteiger partial charge is 0.379 e. The first-order chi connectivity index (χ1) is 12.7. The minimum absolute atomic E-state index is 0.0294. The molecule has 1 aromatic rings. The van der Waals surface area contributed by atoms with Crippen LogP contribution < -0.4 is 5.32 Å². The number of morpholine rings is 1. The third kappa shape index (κ3) is 5.46. The molecule has 0 radical (unpaired) electrons. The Balaban J connectivity index is 1.93. The fourth-order valence-electron chi connectivity index (χ4n) is 2.37. The Bertz CT molecular complexity index is 848. The first-order valence-corrected chi connectivity index (χ1v) is 11.2. The molecule has 0 unspecified atom stereocenters. The van der Waals surface area contributed by atoms with Gasteiger partial charge in [-0.2, -0.15) is 4.31 Å². The molecule has 152 valence electrons. The van der Waals surface area contributed by atoms with E-state index in [0.29, 0.717) is 30.8 Å². The molecule has 0 aromatic heterocycles. The number of ether oxygens (including phenoxy) is 1. The first kappa shape index (κ1) is 21.7. The van der Waals surface area contributed by atoms with E-state index in [1.807, 2.05) is 0 Å². The molecule has 0 spiro atoms. The van der Waals surface area contributed by atoms with Gasteiger partial charge < -0.3 is 10.1 Å². The second-order valence-corrected chi connectivity index (χ2v) is 9.73. The highest BCUT2D eigenvalue weighted by molar-refractivity contribution is 7.89. The summed E-state index contributed by atoms with van der Waals surface area (Å²) in [5.74, 6) is -0.708.